The van der Waals surface area contributed by atoms with Gasteiger partial charge >= 0.3 is 0 Å². The maximum Gasteiger partial charge on any atom is 0.240 e. The van der Waals surface area contributed by atoms with Crippen LogP contribution in [-0.2, 0) is 21.2 Å². The first-order chi connectivity index (χ1) is 12.0. The summed E-state index contributed by atoms with van der Waals surface area (Å²) >= 11 is 3.24. The van der Waals surface area contributed by atoms with Gasteiger partial charge in [0.2, 0.25) is 15.9 Å². The summed E-state index contributed by atoms with van der Waals surface area (Å²) in [4.78, 5) is 11.9. The average Bonchev–Trinajstić information content (AvgIpc) is 2.59. The van der Waals surface area contributed by atoms with Crippen LogP contribution in [0, 0.1) is 0 Å². The van der Waals surface area contributed by atoms with E-state index in [1.54, 1.807) is 12.1 Å². The molecule has 0 aliphatic rings. The summed E-state index contributed by atoms with van der Waals surface area (Å²) < 4.78 is 27.4. The lowest BCUT2D eigenvalue weighted by molar-refractivity contribution is -0.120. The first-order valence-corrected chi connectivity index (χ1v) is 10.3. The molecule has 2 aromatic rings. The molecule has 0 fully saturated rings. The highest BCUT2D eigenvalue weighted by molar-refractivity contribution is 9.10. The molecular formula is C18H21BrN2O3S. The van der Waals surface area contributed by atoms with Gasteiger partial charge in [0.25, 0.3) is 0 Å². The highest BCUT2D eigenvalue weighted by Gasteiger charge is 2.14. The number of amides is 1. The van der Waals surface area contributed by atoms with Crippen LogP contribution in [0.5, 0.6) is 0 Å². The Balaban J connectivity index is 1.66. The van der Waals surface area contributed by atoms with Crippen molar-refractivity contribution in [3.05, 3.63) is 64.6 Å². The normalized spacial score (nSPS) is 11.2. The number of sulfonamides is 1. The van der Waals surface area contributed by atoms with E-state index in [9.17, 15) is 13.2 Å². The third-order valence-electron chi connectivity index (χ3n) is 3.56. The van der Waals surface area contributed by atoms with Gasteiger partial charge in [-0.25, -0.2) is 13.1 Å². The number of rotatable bonds is 9. The Morgan fingerprint density at radius 2 is 1.76 bits per heavy atom. The molecule has 134 valence electrons. The topological polar surface area (TPSA) is 75.3 Å². The zero-order chi connectivity index (χ0) is 18.1. The number of carbonyl (C=O) groups excluding carboxylic acids is 1. The molecule has 0 atom stereocenters. The number of hydrogen-bond donors (Lipinski definition) is 2. The van der Waals surface area contributed by atoms with Crippen molar-refractivity contribution in [1.29, 1.82) is 0 Å². The molecule has 1 amide bonds. The SMILES string of the molecule is O=C(CCNS(=O)(=O)c1cccc(Br)c1)NCCCc1ccccc1. The van der Waals surface area contributed by atoms with Crippen molar-refractivity contribution in [3.8, 4) is 0 Å². The predicted octanol–water partition coefficient (Wildman–Crippen LogP) is 2.87. The van der Waals surface area contributed by atoms with Gasteiger partial charge in [-0.15, -0.1) is 0 Å². The summed E-state index contributed by atoms with van der Waals surface area (Å²) in [6, 6.07) is 16.5. The zero-order valence-electron chi connectivity index (χ0n) is 13.7. The lowest BCUT2D eigenvalue weighted by atomic mass is 10.1. The van der Waals surface area contributed by atoms with E-state index in [1.165, 1.54) is 17.7 Å². The van der Waals surface area contributed by atoms with Crippen LogP contribution < -0.4 is 10.0 Å². The van der Waals surface area contributed by atoms with Gasteiger partial charge < -0.3 is 5.32 Å². The van der Waals surface area contributed by atoms with E-state index in [1.807, 2.05) is 18.2 Å². The van der Waals surface area contributed by atoms with E-state index in [0.717, 1.165) is 12.8 Å². The molecule has 0 bridgehead atoms. The molecule has 2 rings (SSSR count). The highest BCUT2D eigenvalue weighted by atomic mass is 79.9. The zero-order valence-corrected chi connectivity index (χ0v) is 16.1. The van der Waals surface area contributed by atoms with Crippen molar-refractivity contribution in [1.82, 2.24) is 10.0 Å². The fraction of sp³-hybridized carbons (Fsp3) is 0.278. The van der Waals surface area contributed by atoms with Gasteiger partial charge in [0, 0.05) is 24.0 Å². The molecular weight excluding hydrogens is 404 g/mol. The number of hydrogen-bond acceptors (Lipinski definition) is 3. The van der Waals surface area contributed by atoms with Gasteiger partial charge in [0.1, 0.15) is 0 Å². The Labute approximate surface area is 157 Å². The number of aryl methyl sites for hydroxylation is 1. The van der Waals surface area contributed by atoms with Crippen LogP contribution in [0.2, 0.25) is 0 Å². The second kappa shape index (κ2) is 9.70. The summed E-state index contributed by atoms with van der Waals surface area (Å²) in [5, 5.41) is 2.81. The Morgan fingerprint density at radius 1 is 1.00 bits per heavy atom. The summed E-state index contributed by atoms with van der Waals surface area (Å²) in [5.74, 6) is -0.162. The maximum absolute atomic E-state index is 12.1. The minimum atomic E-state index is -3.60. The Hall–Kier alpha value is -1.70. The molecule has 7 heteroatoms. The molecule has 0 unspecified atom stereocenters. The number of halogens is 1. The van der Waals surface area contributed by atoms with Crippen molar-refractivity contribution in [2.75, 3.05) is 13.1 Å². The summed E-state index contributed by atoms with van der Waals surface area (Å²) in [5.41, 5.74) is 1.23. The Kier molecular flexibility index (Phi) is 7.61. The van der Waals surface area contributed by atoms with Crippen LogP contribution in [0.25, 0.3) is 0 Å². The second-order valence-corrected chi connectivity index (χ2v) is 8.23. The lowest BCUT2D eigenvalue weighted by Crippen LogP contribution is -2.31. The van der Waals surface area contributed by atoms with Gasteiger partial charge in [-0.05, 0) is 36.6 Å². The third-order valence-corrected chi connectivity index (χ3v) is 5.51. The van der Waals surface area contributed by atoms with Crippen LogP contribution in [0.3, 0.4) is 0 Å². The number of carbonyl (C=O) groups is 1. The monoisotopic (exact) mass is 424 g/mol. The molecule has 0 radical (unpaired) electrons. The molecule has 0 aliphatic heterocycles. The molecule has 2 N–H and O–H groups in total. The minimum absolute atomic E-state index is 0.0688. The van der Waals surface area contributed by atoms with Crippen LogP contribution in [0.15, 0.2) is 64.0 Å². The molecule has 0 aromatic heterocycles. The Bertz CT molecular complexity index is 795. The van der Waals surface area contributed by atoms with E-state index >= 15 is 0 Å². The van der Waals surface area contributed by atoms with Gasteiger partial charge in [0.05, 0.1) is 4.90 Å². The predicted molar refractivity (Wildman–Crippen MR) is 102 cm³/mol. The van der Waals surface area contributed by atoms with Crippen molar-refractivity contribution >= 4 is 31.9 Å². The standard InChI is InChI=1S/C18H21BrN2O3S/c19-16-9-4-10-17(14-16)25(23,24)21-13-11-18(22)20-12-5-8-15-6-2-1-3-7-15/h1-4,6-7,9-10,14,21H,5,8,11-13H2,(H,20,22). The Morgan fingerprint density at radius 3 is 2.48 bits per heavy atom. The third kappa shape index (κ3) is 6.97. The second-order valence-electron chi connectivity index (χ2n) is 5.54. The average molecular weight is 425 g/mol. The summed E-state index contributed by atoms with van der Waals surface area (Å²) in [7, 11) is -3.60. The molecule has 0 saturated heterocycles. The molecule has 0 aliphatic carbocycles. The van der Waals surface area contributed by atoms with Crippen LogP contribution in [0.4, 0.5) is 0 Å². The molecule has 0 heterocycles. The van der Waals surface area contributed by atoms with Crippen LogP contribution >= 0.6 is 15.9 Å². The smallest absolute Gasteiger partial charge is 0.240 e. The summed E-state index contributed by atoms with van der Waals surface area (Å²) in [6.07, 6.45) is 1.86. The quantitative estimate of drug-likeness (QED) is 0.607. The first-order valence-electron chi connectivity index (χ1n) is 8.03. The van der Waals surface area contributed by atoms with E-state index in [4.69, 9.17) is 0 Å². The first kappa shape index (κ1) is 19.6. The fourth-order valence-electron chi connectivity index (χ4n) is 2.27. The van der Waals surface area contributed by atoms with E-state index in [-0.39, 0.29) is 23.8 Å². The number of nitrogens with one attached hydrogen (secondary N) is 2. The van der Waals surface area contributed by atoms with Crippen molar-refractivity contribution in [2.45, 2.75) is 24.2 Å². The van der Waals surface area contributed by atoms with Gasteiger partial charge in [-0.2, -0.15) is 0 Å². The van der Waals surface area contributed by atoms with Crippen molar-refractivity contribution in [2.24, 2.45) is 0 Å². The van der Waals surface area contributed by atoms with Gasteiger partial charge in [-0.3, -0.25) is 4.79 Å². The van der Waals surface area contributed by atoms with E-state index in [0.29, 0.717) is 11.0 Å². The van der Waals surface area contributed by atoms with E-state index in [2.05, 4.69) is 38.1 Å². The molecule has 5 nitrogen and oxygen atoms in total. The molecule has 0 saturated carbocycles. The minimum Gasteiger partial charge on any atom is -0.356 e. The summed E-state index contributed by atoms with van der Waals surface area (Å²) in [6.45, 7) is 0.644. The lowest BCUT2D eigenvalue weighted by Gasteiger charge is -2.08. The van der Waals surface area contributed by atoms with Crippen molar-refractivity contribution in [3.63, 3.8) is 0 Å². The molecule has 0 spiro atoms. The maximum atomic E-state index is 12.1. The fourth-order valence-corrected chi connectivity index (χ4v) is 3.90. The van der Waals surface area contributed by atoms with Crippen LogP contribution in [-0.4, -0.2) is 27.4 Å². The van der Waals surface area contributed by atoms with Gasteiger partial charge in [0.15, 0.2) is 0 Å². The number of benzene rings is 2. The van der Waals surface area contributed by atoms with Crippen molar-refractivity contribution < 1.29 is 13.2 Å². The highest BCUT2D eigenvalue weighted by Crippen LogP contribution is 2.15. The molecule has 2 aromatic carbocycles. The molecule has 25 heavy (non-hydrogen) atoms. The van der Waals surface area contributed by atoms with Crippen LogP contribution in [0.1, 0.15) is 18.4 Å². The van der Waals surface area contributed by atoms with E-state index < -0.39 is 10.0 Å². The largest absolute Gasteiger partial charge is 0.356 e. The van der Waals surface area contributed by atoms with Gasteiger partial charge in [-0.1, -0.05) is 52.3 Å².